The molecule has 0 saturated carbocycles. The fraction of sp³-hybridized carbons (Fsp3) is 0.769. The molecule has 3 amide bonds. The molecule has 1 aliphatic heterocycles. The van der Waals surface area contributed by atoms with Crippen LogP contribution >= 0.6 is 11.8 Å². The average molecular weight is 317 g/mol. The predicted molar refractivity (Wildman–Crippen MR) is 81.3 cm³/mol. The molecule has 0 aliphatic carbocycles. The lowest BCUT2D eigenvalue weighted by atomic mass is 10.2. The van der Waals surface area contributed by atoms with Crippen molar-refractivity contribution >= 4 is 29.7 Å². The molecule has 0 aromatic heterocycles. The van der Waals surface area contributed by atoms with Crippen molar-refractivity contribution in [2.24, 2.45) is 0 Å². The number of carbonyl (C=O) groups excluding carboxylic acids is 2. The standard InChI is InChI=1S/C13H23N3O4S/c1-8(2)14-12(19)9(3)15-13(20)16-4-5-21-7-10(16)6-11(17)18/h8-10H,4-7H2,1-3H3,(H,14,19)(H,15,20)(H,17,18). The third-order valence-corrected chi connectivity index (χ3v) is 4.15. The minimum atomic E-state index is -0.925. The van der Waals surface area contributed by atoms with Crippen molar-refractivity contribution in [2.45, 2.75) is 45.3 Å². The molecule has 1 heterocycles. The number of carboxylic acid groups (broad SMARTS) is 1. The number of thioether (sulfide) groups is 1. The molecule has 1 fully saturated rings. The number of aliphatic carboxylic acids is 1. The maximum Gasteiger partial charge on any atom is 0.318 e. The first-order valence-electron chi connectivity index (χ1n) is 6.98. The van der Waals surface area contributed by atoms with E-state index >= 15 is 0 Å². The highest BCUT2D eigenvalue weighted by atomic mass is 32.2. The van der Waals surface area contributed by atoms with Crippen LogP contribution in [0.4, 0.5) is 4.79 Å². The number of nitrogens with zero attached hydrogens (tertiary/aromatic N) is 1. The second kappa shape index (κ2) is 8.11. The van der Waals surface area contributed by atoms with Gasteiger partial charge in [0, 0.05) is 24.1 Å². The van der Waals surface area contributed by atoms with Gasteiger partial charge in [0.05, 0.1) is 12.5 Å². The van der Waals surface area contributed by atoms with E-state index in [1.165, 1.54) is 4.90 Å². The first-order valence-corrected chi connectivity index (χ1v) is 8.13. The highest BCUT2D eigenvalue weighted by Crippen LogP contribution is 2.19. The molecule has 2 atom stereocenters. The van der Waals surface area contributed by atoms with Crippen molar-refractivity contribution in [1.29, 1.82) is 0 Å². The van der Waals surface area contributed by atoms with E-state index < -0.39 is 12.0 Å². The first kappa shape index (κ1) is 17.6. The van der Waals surface area contributed by atoms with Gasteiger partial charge in [-0.25, -0.2) is 4.79 Å². The van der Waals surface area contributed by atoms with Gasteiger partial charge in [0.25, 0.3) is 0 Å². The Kier molecular flexibility index (Phi) is 6.80. The van der Waals surface area contributed by atoms with Gasteiger partial charge in [-0.3, -0.25) is 9.59 Å². The van der Waals surface area contributed by atoms with Crippen LogP contribution in [0.2, 0.25) is 0 Å². The molecule has 1 aliphatic rings. The number of hydrogen-bond donors (Lipinski definition) is 3. The van der Waals surface area contributed by atoms with Crippen molar-refractivity contribution in [2.75, 3.05) is 18.1 Å². The molecule has 8 heteroatoms. The summed E-state index contributed by atoms with van der Waals surface area (Å²) < 4.78 is 0. The van der Waals surface area contributed by atoms with E-state index in [9.17, 15) is 14.4 Å². The van der Waals surface area contributed by atoms with E-state index in [1.54, 1.807) is 18.7 Å². The molecule has 120 valence electrons. The quantitative estimate of drug-likeness (QED) is 0.686. The Hall–Kier alpha value is -1.44. The van der Waals surface area contributed by atoms with Crippen molar-refractivity contribution in [3.63, 3.8) is 0 Å². The second-order valence-corrected chi connectivity index (χ2v) is 6.50. The van der Waals surface area contributed by atoms with Crippen molar-refractivity contribution < 1.29 is 19.5 Å². The van der Waals surface area contributed by atoms with Crippen molar-refractivity contribution in [3.8, 4) is 0 Å². The third-order valence-electron chi connectivity index (χ3n) is 3.06. The summed E-state index contributed by atoms with van der Waals surface area (Å²) in [5.74, 6) is 0.202. The van der Waals surface area contributed by atoms with Crippen LogP contribution < -0.4 is 10.6 Å². The summed E-state index contributed by atoms with van der Waals surface area (Å²) in [6.07, 6.45) is -0.0764. The Morgan fingerprint density at radius 2 is 1.95 bits per heavy atom. The van der Waals surface area contributed by atoms with Gasteiger partial charge in [-0.1, -0.05) is 0 Å². The van der Waals surface area contributed by atoms with Crippen LogP contribution in [0.1, 0.15) is 27.2 Å². The van der Waals surface area contributed by atoms with E-state index in [1.807, 2.05) is 13.8 Å². The highest BCUT2D eigenvalue weighted by Gasteiger charge is 2.30. The van der Waals surface area contributed by atoms with Crippen LogP contribution in [0.3, 0.4) is 0 Å². The molecule has 2 unspecified atom stereocenters. The predicted octanol–water partition coefficient (Wildman–Crippen LogP) is 0.501. The lowest BCUT2D eigenvalue weighted by Gasteiger charge is -2.35. The first-order chi connectivity index (χ1) is 9.81. The summed E-state index contributed by atoms with van der Waals surface area (Å²) >= 11 is 1.64. The van der Waals surface area contributed by atoms with E-state index in [0.29, 0.717) is 12.3 Å². The Balaban J connectivity index is 2.59. The third kappa shape index (κ3) is 5.82. The SMILES string of the molecule is CC(C)NC(=O)C(C)NC(=O)N1CCSCC1CC(=O)O. The molecule has 0 bridgehead atoms. The maximum atomic E-state index is 12.2. The van der Waals surface area contributed by atoms with Crippen molar-refractivity contribution in [1.82, 2.24) is 15.5 Å². The Morgan fingerprint density at radius 3 is 2.52 bits per heavy atom. The van der Waals surface area contributed by atoms with Crippen LogP contribution in [0.15, 0.2) is 0 Å². The highest BCUT2D eigenvalue weighted by molar-refractivity contribution is 7.99. The van der Waals surface area contributed by atoms with Gasteiger partial charge in [0.2, 0.25) is 5.91 Å². The average Bonchev–Trinajstić information content (AvgIpc) is 2.37. The smallest absolute Gasteiger partial charge is 0.318 e. The molecule has 1 saturated heterocycles. The largest absolute Gasteiger partial charge is 0.481 e. The number of amides is 3. The normalized spacial score (nSPS) is 20.0. The number of nitrogens with one attached hydrogen (secondary N) is 2. The molecule has 0 radical (unpaired) electrons. The van der Waals surface area contributed by atoms with Crippen LogP contribution in [0.5, 0.6) is 0 Å². The van der Waals surface area contributed by atoms with Gasteiger partial charge >= 0.3 is 12.0 Å². The monoisotopic (exact) mass is 317 g/mol. The summed E-state index contributed by atoms with van der Waals surface area (Å²) in [6, 6.07) is -1.36. The van der Waals surface area contributed by atoms with E-state index in [-0.39, 0.29) is 30.4 Å². The lowest BCUT2D eigenvalue weighted by Crippen LogP contribution is -2.55. The Bertz CT molecular complexity index is 403. The van der Waals surface area contributed by atoms with Gasteiger partial charge in [-0.15, -0.1) is 0 Å². The molecule has 0 aromatic rings. The molecule has 3 N–H and O–H groups in total. The fourth-order valence-electron chi connectivity index (χ4n) is 2.04. The number of rotatable bonds is 5. The van der Waals surface area contributed by atoms with Gasteiger partial charge in [-0.2, -0.15) is 11.8 Å². The number of urea groups is 1. The van der Waals surface area contributed by atoms with Gasteiger partial charge in [0.15, 0.2) is 0 Å². The van der Waals surface area contributed by atoms with Crippen LogP contribution in [0, 0.1) is 0 Å². The van der Waals surface area contributed by atoms with Gasteiger partial charge < -0.3 is 20.6 Å². The van der Waals surface area contributed by atoms with E-state index in [0.717, 1.165) is 5.75 Å². The maximum absolute atomic E-state index is 12.2. The summed E-state index contributed by atoms with van der Waals surface area (Å²) in [5, 5.41) is 14.3. The topological polar surface area (TPSA) is 98.7 Å². The molecule has 1 rings (SSSR count). The summed E-state index contributed by atoms with van der Waals surface area (Å²) in [7, 11) is 0. The number of carboxylic acids is 1. The molecular formula is C13H23N3O4S. The Morgan fingerprint density at radius 1 is 1.29 bits per heavy atom. The van der Waals surface area contributed by atoms with Crippen LogP contribution in [-0.2, 0) is 9.59 Å². The van der Waals surface area contributed by atoms with E-state index in [4.69, 9.17) is 5.11 Å². The zero-order valence-corrected chi connectivity index (χ0v) is 13.4. The fourth-order valence-corrected chi connectivity index (χ4v) is 3.10. The number of hydrogen-bond acceptors (Lipinski definition) is 4. The van der Waals surface area contributed by atoms with Gasteiger partial charge in [-0.05, 0) is 20.8 Å². The minimum Gasteiger partial charge on any atom is -0.481 e. The summed E-state index contributed by atoms with van der Waals surface area (Å²) in [6.45, 7) is 5.79. The van der Waals surface area contributed by atoms with Crippen molar-refractivity contribution in [3.05, 3.63) is 0 Å². The molecular weight excluding hydrogens is 294 g/mol. The van der Waals surface area contributed by atoms with Gasteiger partial charge in [0.1, 0.15) is 6.04 Å². The molecule has 21 heavy (non-hydrogen) atoms. The summed E-state index contributed by atoms with van der Waals surface area (Å²) in [5.41, 5.74) is 0. The number of carbonyl (C=O) groups is 3. The van der Waals surface area contributed by atoms with Crippen LogP contribution in [0.25, 0.3) is 0 Å². The molecule has 7 nitrogen and oxygen atoms in total. The molecule has 0 aromatic carbocycles. The second-order valence-electron chi connectivity index (χ2n) is 5.35. The minimum absolute atomic E-state index is 0.00278. The zero-order chi connectivity index (χ0) is 16.0. The zero-order valence-electron chi connectivity index (χ0n) is 12.6. The summed E-state index contributed by atoms with van der Waals surface area (Å²) in [4.78, 5) is 36.4. The lowest BCUT2D eigenvalue weighted by molar-refractivity contribution is -0.138. The van der Waals surface area contributed by atoms with E-state index in [2.05, 4.69) is 10.6 Å². The Labute approximate surface area is 128 Å². The van der Waals surface area contributed by atoms with Crippen LogP contribution in [-0.4, -0.2) is 64.1 Å². The molecule has 0 spiro atoms.